The van der Waals surface area contributed by atoms with Crippen LogP contribution in [0.1, 0.15) is 0 Å². The van der Waals surface area contributed by atoms with Gasteiger partial charge in [-0.05, 0) is 44.0 Å². The Hall–Kier alpha value is -3.08. The zero-order valence-electron chi connectivity index (χ0n) is 15.4. The van der Waals surface area contributed by atoms with Gasteiger partial charge in [-0.3, -0.25) is 0 Å². The van der Waals surface area contributed by atoms with Crippen molar-refractivity contribution in [3.63, 3.8) is 0 Å². The summed E-state index contributed by atoms with van der Waals surface area (Å²) < 4.78 is 5.40. The van der Waals surface area contributed by atoms with Crippen molar-refractivity contribution in [3.05, 3.63) is 103 Å². The fraction of sp³-hybridized carbons (Fsp3) is 0. The summed E-state index contributed by atoms with van der Waals surface area (Å²) in [6.45, 7) is 0. The van der Waals surface area contributed by atoms with Gasteiger partial charge in [0.15, 0.2) is 8.07 Å². The van der Waals surface area contributed by atoms with Crippen LogP contribution in [0.4, 0.5) is 0 Å². The molecule has 1 aliphatic heterocycles. The average Bonchev–Trinajstić information content (AvgIpc) is 3.06. The summed E-state index contributed by atoms with van der Waals surface area (Å²) in [6.07, 6.45) is 0. The number of benzene rings is 4. The minimum atomic E-state index is -2.39. The summed E-state index contributed by atoms with van der Waals surface area (Å²) in [6, 6.07) is 36.8. The van der Waals surface area contributed by atoms with Gasteiger partial charge in [0.25, 0.3) is 0 Å². The molecule has 0 bridgehead atoms. The molecule has 0 saturated carbocycles. The third-order valence-corrected chi connectivity index (χ3v) is 10.5. The summed E-state index contributed by atoms with van der Waals surface area (Å²) in [5, 5.41) is 14.7. The van der Waals surface area contributed by atoms with Crippen LogP contribution in [0.3, 0.4) is 0 Å². The first kappa shape index (κ1) is 17.0. The van der Waals surface area contributed by atoms with Gasteiger partial charge in [0.2, 0.25) is 0 Å². The van der Waals surface area contributed by atoms with Crippen LogP contribution in [0.2, 0.25) is 0 Å². The molecule has 1 N–H and O–H groups in total. The van der Waals surface area contributed by atoms with E-state index < -0.39 is 8.07 Å². The van der Waals surface area contributed by atoms with Crippen LogP contribution in [0.5, 0.6) is 5.75 Å². The number of rotatable bonds is 4. The first-order chi connectivity index (χ1) is 13.9. The lowest BCUT2D eigenvalue weighted by molar-refractivity contribution is 0.454. The Labute approximate surface area is 166 Å². The van der Waals surface area contributed by atoms with E-state index in [1.54, 1.807) is 0 Å². The van der Waals surface area contributed by atoms with Gasteiger partial charge in [0.1, 0.15) is 5.75 Å². The molecule has 0 fully saturated rings. The second kappa shape index (κ2) is 6.82. The molecule has 1 heterocycles. The van der Waals surface area contributed by atoms with Crippen molar-refractivity contribution >= 4 is 36.5 Å². The highest BCUT2D eigenvalue weighted by Crippen LogP contribution is 2.31. The van der Waals surface area contributed by atoms with Crippen molar-refractivity contribution < 1.29 is 9.68 Å². The highest BCUT2D eigenvalue weighted by Gasteiger charge is 2.48. The van der Waals surface area contributed by atoms with E-state index in [1.807, 2.05) is 6.07 Å². The monoisotopic (exact) mass is 378 g/mol. The van der Waals surface area contributed by atoms with E-state index in [0.717, 1.165) is 0 Å². The number of fused-ring (bicyclic) bond motifs is 3. The minimum Gasteiger partial charge on any atom is -0.539 e. The van der Waals surface area contributed by atoms with Gasteiger partial charge in [-0.1, -0.05) is 91.0 Å². The van der Waals surface area contributed by atoms with Crippen molar-refractivity contribution in [3.8, 4) is 16.9 Å². The van der Waals surface area contributed by atoms with Gasteiger partial charge in [-0.15, -0.1) is 0 Å². The second-order valence-corrected chi connectivity index (χ2v) is 10.7. The molecule has 0 unspecified atom stereocenters. The molecule has 0 aliphatic carbocycles. The third-order valence-electron chi connectivity index (χ3n) is 5.66. The van der Waals surface area contributed by atoms with Crippen molar-refractivity contribution in [2.75, 3.05) is 0 Å². The predicted molar refractivity (Wildman–Crippen MR) is 119 cm³/mol. The zero-order valence-corrected chi connectivity index (χ0v) is 16.4. The van der Waals surface area contributed by atoms with Crippen molar-refractivity contribution in [2.24, 2.45) is 0 Å². The Bertz CT molecular complexity index is 1090. The number of hydrogen-bond acceptors (Lipinski definition) is 2. The maximum Gasteiger partial charge on any atom is 0.504 e. The fourth-order valence-electron chi connectivity index (χ4n) is 4.59. The lowest BCUT2D eigenvalue weighted by Gasteiger charge is -2.31. The predicted octanol–water partition coefficient (Wildman–Crippen LogP) is 1.68. The van der Waals surface area contributed by atoms with Gasteiger partial charge in [0.05, 0.1) is 0 Å². The first-order valence-electron chi connectivity index (χ1n) is 9.45. The molecule has 0 atom stereocenters. The summed E-state index contributed by atoms with van der Waals surface area (Å²) in [7, 11) is -2.71. The van der Waals surface area contributed by atoms with Crippen LogP contribution in [0.25, 0.3) is 11.1 Å². The van der Waals surface area contributed by atoms with E-state index in [2.05, 4.69) is 97.1 Å². The molecule has 0 aromatic heterocycles. The van der Waals surface area contributed by atoms with Gasteiger partial charge in [-0.25, -0.2) is 0 Å². The lowest BCUT2D eigenvalue weighted by Crippen LogP contribution is -2.72. The van der Waals surface area contributed by atoms with E-state index in [4.69, 9.17) is 4.65 Å². The molecule has 5 rings (SSSR count). The SMILES string of the molecule is OBOc1ccc2c(c1)-c1ccccc1[Si]2(c1ccccc1)c1ccccc1. The van der Waals surface area contributed by atoms with Crippen LogP contribution in [0.15, 0.2) is 103 Å². The molecule has 0 spiro atoms. The molecular weight excluding hydrogens is 359 g/mol. The van der Waals surface area contributed by atoms with Crippen LogP contribution < -0.4 is 25.4 Å². The molecule has 28 heavy (non-hydrogen) atoms. The molecule has 0 amide bonds. The summed E-state index contributed by atoms with van der Waals surface area (Å²) in [5.74, 6) is 0.696. The maximum absolute atomic E-state index is 9.21. The van der Waals surface area contributed by atoms with Crippen molar-refractivity contribution in [1.82, 2.24) is 0 Å². The minimum absolute atomic E-state index is 0.319. The molecule has 2 nitrogen and oxygen atoms in total. The Kier molecular flexibility index (Phi) is 4.15. The highest BCUT2D eigenvalue weighted by atomic mass is 28.3. The van der Waals surface area contributed by atoms with Gasteiger partial charge in [0, 0.05) is 0 Å². The molecular formula is C24H19BO2Si. The Morgan fingerprint density at radius 1 is 0.607 bits per heavy atom. The summed E-state index contributed by atoms with van der Waals surface area (Å²) in [5.41, 5.74) is 2.47. The highest BCUT2D eigenvalue weighted by molar-refractivity contribution is 7.22. The Morgan fingerprint density at radius 2 is 1.18 bits per heavy atom. The topological polar surface area (TPSA) is 29.5 Å². The van der Waals surface area contributed by atoms with E-state index >= 15 is 0 Å². The van der Waals surface area contributed by atoms with E-state index in [0.29, 0.717) is 5.75 Å². The van der Waals surface area contributed by atoms with Crippen molar-refractivity contribution in [1.29, 1.82) is 0 Å². The summed E-state index contributed by atoms with van der Waals surface area (Å²) in [4.78, 5) is 0. The van der Waals surface area contributed by atoms with Crippen LogP contribution in [0, 0.1) is 0 Å². The second-order valence-electron chi connectivity index (χ2n) is 7.01. The molecule has 134 valence electrons. The van der Waals surface area contributed by atoms with Gasteiger partial charge < -0.3 is 9.68 Å². The summed E-state index contributed by atoms with van der Waals surface area (Å²) >= 11 is 0. The molecule has 4 heteroatoms. The van der Waals surface area contributed by atoms with Crippen molar-refractivity contribution in [2.45, 2.75) is 0 Å². The van der Waals surface area contributed by atoms with Crippen LogP contribution in [-0.2, 0) is 0 Å². The third kappa shape index (κ3) is 2.39. The maximum atomic E-state index is 9.21. The average molecular weight is 378 g/mol. The molecule has 0 radical (unpaired) electrons. The zero-order chi connectivity index (χ0) is 19.0. The normalized spacial score (nSPS) is 13.5. The Morgan fingerprint density at radius 3 is 1.82 bits per heavy atom. The largest absolute Gasteiger partial charge is 0.539 e. The van der Waals surface area contributed by atoms with Gasteiger partial charge >= 0.3 is 7.69 Å². The van der Waals surface area contributed by atoms with E-state index in [9.17, 15) is 5.02 Å². The standard InChI is InChI=1S/C24H19BO2Si/c26-25-27-18-15-16-24-22(17-18)21-13-7-8-14-23(21)28(24,19-9-3-1-4-10-19)20-11-5-2-6-12-20/h1-17,25-26H. The molecule has 4 aromatic carbocycles. The van der Waals surface area contributed by atoms with E-state index in [1.165, 1.54) is 31.9 Å². The first-order valence-corrected chi connectivity index (χ1v) is 11.4. The number of hydrogen-bond donors (Lipinski definition) is 1. The lowest BCUT2D eigenvalue weighted by atomic mass is 10.1. The fourth-order valence-corrected chi connectivity index (χ4v) is 9.76. The quantitative estimate of drug-likeness (QED) is 0.483. The molecule has 0 saturated heterocycles. The van der Waals surface area contributed by atoms with Gasteiger partial charge in [-0.2, -0.15) is 0 Å². The molecule has 1 aliphatic rings. The Balaban J connectivity index is 1.91. The molecule has 4 aromatic rings. The van der Waals surface area contributed by atoms with E-state index in [-0.39, 0.29) is 7.69 Å². The smallest absolute Gasteiger partial charge is 0.504 e. The van der Waals surface area contributed by atoms with Crippen LogP contribution >= 0.6 is 0 Å². The van der Waals surface area contributed by atoms with Crippen LogP contribution in [-0.4, -0.2) is 20.8 Å².